The molecule has 0 radical (unpaired) electrons. The Bertz CT molecular complexity index is 1190. The lowest BCUT2D eigenvalue weighted by molar-refractivity contribution is 0.0929. The molecular formula is C23H20N2O4S. The first-order valence-corrected chi connectivity index (χ1v) is 10.3. The van der Waals surface area contributed by atoms with Gasteiger partial charge in [0.15, 0.2) is 10.9 Å². The largest absolute Gasteiger partial charge is 0.494 e. The highest BCUT2D eigenvalue weighted by molar-refractivity contribution is 7.99. The highest BCUT2D eigenvalue weighted by Gasteiger charge is 2.12. The fourth-order valence-electron chi connectivity index (χ4n) is 2.78. The summed E-state index contributed by atoms with van der Waals surface area (Å²) in [5, 5.41) is 5.49. The molecular weight excluding hydrogens is 400 g/mol. The number of hydrogen-bond acceptors (Lipinski definition) is 6. The van der Waals surface area contributed by atoms with Crippen LogP contribution in [0.15, 0.2) is 84.6 Å². The number of amides is 1. The van der Waals surface area contributed by atoms with Gasteiger partial charge in [-0.15, -0.1) is 0 Å². The van der Waals surface area contributed by atoms with Crippen molar-refractivity contribution in [2.75, 3.05) is 6.61 Å². The van der Waals surface area contributed by atoms with Crippen LogP contribution in [0.2, 0.25) is 0 Å². The second-order valence-electron chi connectivity index (χ2n) is 6.51. The Labute approximate surface area is 177 Å². The van der Waals surface area contributed by atoms with E-state index >= 15 is 0 Å². The molecule has 0 bridgehead atoms. The van der Waals surface area contributed by atoms with E-state index in [0.29, 0.717) is 18.0 Å². The third-order valence-corrected chi connectivity index (χ3v) is 5.15. The molecule has 0 saturated heterocycles. The average molecular weight is 420 g/mol. The molecule has 1 amide bonds. The van der Waals surface area contributed by atoms with Gasteiger partial charge >= 0.3 is 5.91 Å². The van der Waals surface area contributed by atoms with Crippen molar-refractivity contribution in [3.63, 3.8) is 0 Å². The van der Waals surface area contributed by atoms with Crippen LogP contribution in [0.3, 0.4) is 0 Å². The molecule has 152 valence electrons. The maximum absolute atomic E-state index is 12.3. The molecule has 2 heterocycles. The van der Waals surface area contributed by atoms with Crippen LogP contribution in [0, 0.1) is 6.92 Å². The summed E-state index contributed by atoms with van der Waals surface area (Å²) in [6.07, 6.45) is 1.45. The number of ether oxygens (including phenoxy) is 1. The van der Waals surface area contributed by atoms with Crippen LogP contribution in [-0.2, 0) is 0 Å². The van der Waals surface area contributed by atoms with E-state index < -0.39 is 5.91 Å². The van der Waals surface area contributed by atoms with Crippen LogP contribution >= 0.6 is 11.8 Å². The van der Waals surface area contributed by atoms with Crippen LogP contribution in [0.25, 0.3) is 11.0 Å². The minimum atomic E-state index is -0.443. The van der Waals surface area contributed by atoms with Crippen molar-refractivity contribution in [1.29, 1.82) is 0 Å². The fraction of sp³-hybridized carbons (Fsp3) is 0.130. The molecule has 0 fully saturated rings. The predicted octanol–water partition coefficient (Wildman–Crippen LogP) is 5.65. The maximum Gasteiger partial charge on any atom is 0.307 e. The standard InChI is InChI=1S/C23H20N2O4S/c1-3-27-17-6-10-20-16(12-17)13-21(29-20)23(26)25-24-14-18-7-11-22(28-18)30-19-8-4-15(2)5-9-19/h4-14H,3H2,1-2H3,(H,25,26)/b24-14+. The van der Waals surface area contributed by atoms with E-state index in [9.17, 15) is 4.79 Å². The molecule has 4 aromatic rings. The number of rotatable bonds is 7. The molecule has 0 aliphatic rings. The molecule has 0 aliphatic carbocycles. The Morgan fingerprint density at radius 3 is 2.73 bits per heavy atom. The Morgan fingerprint density at radius 1 is 1.10 bits per heavy atom. The van der Waals surface area contributed by atoms with Crippen molar-refractivity contribution in [2.45, 2.75) is 23.8 Å². The fourth-order valence-corrected chi connectivity index (χ4v) is 3.56. The van der Waals surface area contributed by atoms with Crippen LogP contribution < -0.4 is 10.2 Å². The highest BCUT2D eigenvalue weighted by atomic mass is 32.2. The molecule has 0 aliphatic heterocycles. The second-order valence-corrected chi connectivity index (χ2v) is 7.59. The number of nitrogens with one attached hydrogen (secondary N) is 1. The summed E-state index contributed by atoms with van der Waals surface area (Å²) in [6.45, 7) is 4.54. The smallest absolute Gasteiger partial charge is 0.307 e. The molecule has 2 aromatic carbocycles. The predicted molar refractivity (Wildman–Crippen MR) is 116 cm³/mol. The van der Waals surface area contributed by atoms with Crippen molar-refractivity contribution < 1.29 is 18.4 Å². The molecule has 7 heteroatoms. The number of benzene rings is 2. The normalized spacial score (nSPS) is 11.3. The van der Waals surface area contributed by atoms with E-state index in [1.807, 2.05) is 38.1 Å². The van der Waals surface area contributed by atoms with Gasteiger partial charge < -0.3 is 13.6 Å². The SMILES string of the molecule is CCOc1ccc2oc(C(=O)N/N=C/c3ccc(Sc4ccc(C)cc4)o3)cc2c1. The third-order valence-electron chi connectivity index (χ3n) is 4.22. The van der Waals surface area contributed by atoms with Crippen molar-refractivity contribution in [3.05, 3.63) is 77.7 Å². The highest BCUT2D eigenvalue weighted by Crippen LogP contribution is 2.29. The minimum absolute atomic E-state index is 0.172. The van der Waals surface area contributed by atoms with Crippen LogP contribution in [0.5, 0.6) is 5.75 Å². The van der Waals surface area contributed by atoms with E-state index in [4.69, 9.17) is 13.6 Å². The molecule has 30 heavy (non-hydrogen) atoms. The van der Waals surface area contributed by atoms with Crippen molar-refractivity contribution in [3.8, 4) is 5.75 Å². The van der Waals surface area contributed by atoms with Crippen molar-refractivity contribution in [2.24, 2.45) is 5.10 Å². The number of hydrazone groups is 1. The zero-order valence-electron chi connectivity index (χ0n) is 16.5. The average Bonchev–Trinajstić information content (AvgIpc) is 3.36. The lowest BCUT2D eigenvalue weighted by Gasteiger charge is -2.00. The van der Waals surface area contributed by atoms with Gasteiger partial charge in [0.1, 0.15) is 17.1 Å². The zero-order chi connectivity index (χ0) is 20.9. The molecule has 0 unspecified atom stereocenters. The van der Waals surface area contributed by atoms with Crippen LogP contribution in [0.1, 0.15) is 28.8 Å². The molecule has 0 atom stereocenters. The van der Waals surface area contributed by atoms with E-state index in [2.05, 4.69) is 22.7 Å². The number of hydrogen-bond donors (Lipinski definition) is 1. The summed E-state index contributed by atoms with van der Waals surface area (Å²) in [5.41, 5.74) is 4.27. The van der Waals surface area contributed by atoms with Gasteiger partial charge in [-0.05, 0) is 62.4 Å². The number of furan rings is 2. The Balaban J connectivity index is 1.37. The molecule has 6 nitrogen and oxygen atoms in total. The maximum atomic E-state index is 12.3. The molecule has 1 N–H and O–H groups in total. The summed E-state index contributed by atoms with van der Waals surface area (Å²) in [5.74, 6) is 0.996. The molecule has 2 aromatic heterocycles. The summed E-state index contributed by atoms with van der Waals surface area (Å²) in [7, 11) is 0. The number of carbonyl (C=O) groups is 1. The van der Waals surface area contributed by atoms with Gasteiger partial charge in [0.25, 0.3) is 0 Å². The van der Waals surface area contributed by atoms with Crippen LogP contribution in [0.4, 0.5) is 0 Å². The van der Waals surface area contributed by atoms with E-state index in [1.165, 1.54) is 23.5 Å². The van der Waals surface area contributed by atoms with E-state index in [1.54, 1.807) is 24.3 Å². The first kappa shape index (κ1) is 19.8. The summed E-state index contributed by atoms with van der Waals surface area (Å²) in [6, 6.07) is 18.9. The third kappa shape index (κ3) is 4.75. The first-order valence-electron chi connectivity index (χ1n) is 9.45. The van der Waals surface area contributed by atoms with Gasteiger partial charge in [0.05, 0.1) is 12.8 Å². The van der Waals surface area contributed by atoms with Gasteiger partial charge in [-0.3, -0.25) is 4.79 Å². The lowest BCUT2D eigenvalue weighted by Crippen LogP contribution is -2.16. The summed E-state index contributed by atoms with van der Waals surface area (Å²) >= 11 is 1.52. The van der Waals surface area contributed by atoms with Gasteiger partial charge in [0.2, 0.25) is 0 Å². The first-order chi connectivity index (χ1) is 14.6. The topological polar surface area (TPSA) is 77.0 Å². The number of nitrogens with zero attached hydrogens (tertiary/aromatic N) is 1. The van der Waals surface area contributed by atoms with Crippen LogP contribution in [-0.4, -0.2) is 18.7 Å². The van der Waals surface area contributed by atoms with Crippen molar-refractivity contribution >= 4 is 34.9 Å². The summed E-state index contributed by atoms with van der Waals surface area (Å²) in [4.78, 5) is 13.4. The number of carbonyl (C=O) groups excluding carboxylic acids is 1. The molecule has 0 spiro atoms. The lowest BCUT2D eigenvalue weighted by atomic mass is 10.2. The quantitative estimate of drug-likeness (QED) is 0.309. The molecule has 4 rings (SSSR count). The Morgan fingerprint density at radius 2 is 1.93 bits per heavy atom. The monoisotopic (exact) mass is 420 g/mol. The number of fused-ring (bicyclic) bond motifs is 1. The van der Waals surface area contributed by atoms with Gasteiger partial charge in [-0.1, -0.05) is 29.5 Å². The van der Waals surface area contributed by atoms with Gasteiger partial charge in [0, 0.05) is 10.3 Å². The molecule has 0 saturated carbocycles. The van der Waals surface area contributed by atoms with Gasteiger partial charge in [-0.2, -0.15) is 5.10 Å². The zero-order valence-corrected chi connectivity index (χ0v) is 17.4. The van der Waals surface area contributed by atoms with E-state index in [0.717, 1.165) is 21.1 Å². The Hall–Kier alpha value is -3.45. The number of aryl methyl sites for hydroxylation is 1. The minimum Gasteiger partial charge on any atom is -0.494 e. The van der Waals surface area contributed by atoms with Crippen molar-refractivity contribution in [1.82, 2.24) is 5.43 Å². The van der Waals surface area contributed by atoms with Gasteiger partial charge in [-0.25, -0.2) is 5.43 Å². The Kier molecular flexibility index (Phi) is 5.90. The van der Waals surface area contributed by atoms with E-state index in [-0.39, 0.29) is 5.76 Å². The summed E-state index contributed by atoms with van der Waals surface area (Å²) < 4.78 is 16.8. The second kappa shape index (κ2) is 8.92.